The molecule has 58 heavy (non-hydrogen) atoms. The van der Waals surface area contributed by atoms with Crippen LogP contribution in [0.3, 0.4) is 0 Å². The topological polar surface area (TPSA) is 21.3 Å². The molecule has 272 valence electrons. The lowest BCUT2D eigenvalue weighted by atomic mass is 9.93. The van der Waals surface area contributed by atoms with E-state index in [-0.39, 0.29) is 0 Å². The Bertz CT molecular complexity index is 3480. The SMILES string of the molecule is c1ccc(-c2ccccc2-n2c3ccccc3c3ccccc32)c(-c2ccc(N(c3ccc4c(c3)oc3ccccc34)c3cccc4sc5ccccc5c34)cc2)c1. The lowest BCUT2D eigenvalue weighted by molar-refractivity contribution is 0.669. The van der Waals surface area contributed by atoms with Gasteiger partial charge in [-0.05, 0) is 83.4 Å². The summed E-state index contributed by atoms with van der Waals surface area (Å²) in [6.07, 6.45) is 0. The number of para-hydroxylation sites is 4. The van der Waals surface area contributed by atoms with E-state index < -0.39 is 0 Å². The molecule has 4 heteroatoms. The molecule has 0 amide bonds. The van der Waals surface area contributed by atoms with Gasteiger partial charge in [-0.3, -0.25) is 0 Å². The fraction of sp³-hybridized carbons (Fsp3) is 0. The lowest BCUT2D eigenvalue weighted by Crippen LogP contribution is -2.10. The third-order valence-corrected chi connectivity index (χ3v) is 12.8. The Morgan fingerprint density at radius 1 is 0.397 bits per heavy atom. The molecule has 0 spiro atoms. The second-order valence-corrected chi connectivity index (χ2v) is 15.9. The molecule has 0 saturated heterocycles. The van der Waals surface area contributed by atoms with E-state index in [1.807, 2.05) is 23.5 Å². The van der Waals surface area contributed by atoms with E-state index >= 15 is 0 Å². The third-order valence-electron chi connectivity index (χ3n) is 11.6. The zero-order valence-electron chi connectivity index (χ0n) is 31.3. The van der Waals surface area contributed by atoms with Gasteiger partial charge in [0.1, 0.15) is 11.2 Å². The zero-order chi connectivity index (χ0) is 38.2. The second kappa shape index (κ2) is 13.1. The van der Waals surface area contributed by atoms with Gasteiger partial charge in [-0.25, -0.2) is 0 Å². The molecule has 0 aliphatic heterocycles. The molecule has 0 aliphatic carbocycles. The Hall–Kier alpha value is -7.40. The summed E-state index contributed by atoms with van der Waals surface area (Å²) in [4.78, 5) is 2.39. The van der Waals surface area contributed by atoms with Crippen LogP contribution in [0.1, 0.15) is 0 Å². The number of aromatic nitrogens is 1. The average Bonchev–Trinajstić information content (AvgIpc) is 3.96. The summed E-state index contributed by atoms with van der Waals surface area (Å²) in [5.41, 5.74) is 13.3. The molecule has 0 aliphatic rings. The average molecular weight is 759 g/mol. The maximum atomic E-state index is 6.45. The van der Waals surface area contributed by atoms with Gasteiger partial charge in [0.2, 0.25) is 0 Å². The molecule has 0 saturated carbocycles. The first-order valence-electron chi connectivity index (χ1n) is 19.7. The molecular weight excluding hydrogens is 725 g/mol. The number of fused-ring (bicyclic) bond motifs is 9. The third kappa shape index (κ3) is 5.05. The number of benzene rings is 9. The number of rotatable bonds is 6. The molecule has 0 bridgehead atoms. The van der Waals surface area contributed by atoms with E-state index in [1.165, 1.54) is 58.7 Å². The molecule has 12 rings (SSSR count). The van der Waals surface area contributed by atoms with Crippen LogP contribution in [0.15, 0.2) is 211 Å². The van der Waals surface area contributed by atoms with Crippen LogP contribution in [0.25, 0.3) is 91.9 Å². The van der Waals surface area contributed by atoms with Crippen LogP contribution in [0.2, 0.25) is 0 Å². The Morgan fingerprint density at radius 3 is 1.78 bits per heavy atom. The van der Waals surface area contributed by atoms with Crippen LogP contribution in [-0.4, -0.2) is 4.57 Å². The van der Waals surface area contributed by atoms with Crippen molar-refractivity contribution in [3.05, 3.63) is 206 Å². The molecular formula is C54H34N2OS. The maximum absolute atomic E-state index is 6.45. The molecule has 12 aromatic rings. The molecule has 0 fully saturated rings. The highest BCUT2D eigenvalue weighted by molar-refractivity contribution is 7.26. The summed E-state index contributed by atoms with van der Waals surface area (Å²) in [7, 11) is 0. The fourth-order valence-electron chi connectivity index (χ4n) is 9.06. The van der Waals surface area contributed by atoms with Crippen LogP contribution in [0.4, 0.5) is 17.1 Å². The minimum absolute atomic E-state index is 0.874. The first-order valence-corrected chi connectivity index (χ1v) is 20.5. The highest BCUT2D eigenvalue weighted by Crippen LogP contribution is 2.47. The predicted molar refractivity (Wildman–Crippen MR) is 247 cm³/mol. The van der Waals surface area contributed by atoms with Gasteiger partial charge in [0, 0.05) is 64.7 Å². The van der Waals surface area contributed by atoms with Crippen LogP contribution in [0.5, 0.6) is 0 Å². The van der Waals surface area contributed by atoms with Gasteiger partial charge in [-0.15, -0.1) is 11.3 Å². The number of nitrogens with zero attached hydrogens (tertiary/aromatic N) is 2. The summed E-state index contributed by atoms with van der Waals surface area (Å²) < 4.78 is 11.4. The summed E-state index contributed by atoms with van der Waals surface area (Å²) in [6, 6.07) is 74.4. The maximum Gasteiger partial charge on any atom is 0.137 e. The first kappa shape index (κ1) is 32.8. The monoisotopic (exact) mass is 758 g/mol. The van der Waals surface area contributed by atoms with Gasteiger partial charge >= 0.3 is 0 Å². The molecule has 0 atom stereocenters. The Balaban J connectivity index is 1.02. The Labute approximate surface area is 338 Å². The van der Waals surface area contributed by atoms with E-state index in [4.69, 9.17) is 4.42 Å². The molecule has 0 N–H and O–H groups in total. The number of thiophene rings is 1. The van der Waals surface area contributed by atoms with Crippen molar-refractivity contribution in [2.24, 2.45) is 0 Å². The van der Waals surface area contributed by atoms with Crippen LogP contribution < -0.4 is 4.90 Å². The van der Waals surface area contributed by atoms with Crippen molar-refractivity contribution in [1.29, 1.82) is 0 Å². The lowest BCUT2D eigenvalue weighted by Gasteiger charge is -2.27. The largest absolute Gasteiger partial charge is 0.456 e. The molecule has 3 nitrogen and oxygen atoms in total. The summed E-state index contributed by atoms with van der Waals surface area (Å²) in [5.74, 6) is 0. The molecule has 3 aromatic heterocycles. The Morgan fingerprint density at radius 2 is 0.983 bits per heavy atom. The first-order chi connectivity index (χ1) is 28.8. The van der Waals surface area contributed by atoms with Gasteiger partial charge < -0.3 is 13.9 Å². The van der Waals surface area contributed by atoms with Crippen molar-refractivity contribution >= 4 is 92.3 Å². The van der Waals surface area contributed by atoms with Crippen molar-refractivity contribution in [3.8, 4) is 27.9 Å². The Kier molecular flexibility index (Phi) is 7.40. The minimum Gasteiger partial charge on any atom is -0.456 e. The molecule has 0 radical (unpaired) electrons. The number of furan rings is 1. The van der Waals surface area contributed by atoms with Gasteiger partial charge in [0.25, 0.3) is 0 Å². The van der Waals surface area contributed by atoms with Crippen molar-refractivity contribution in [3.63, 3.8) is 0 Å². The van der Waals surface area contributed by atoms with Gasteiger partial charge in [0.15, 0.2) is 0 Å². The fourth-order valence-corrected chi connectivity index (χ4v) is 10.2. The van der Waals surface area contributed by atoms with E-state index in [0.717, 1.165) is 50.3 Å². The molecule has 3 heterocycles. The number of hydrogen-bond acceptors (Lipinski definition) is 3. The van der Waals surface area contributed by atoms with Crippen molar-refractivity contribution in [2.75, 3.05) is 4.90 Å². The van der Waals surface area contributed by atoms with Crippen molar-refractivity contribution in [2.45, 2.75) is 0 Å². The highest BCUT2D eigenvalue weighted by atomic mass is 32.1. The summed E-state index contributed by atoms with van der Waals surface area (Å²) in [5, 5.41) is 7.28. The smallest absolute Gasteiger partial charge is 0.137 e. The van der Waals surface area contributed by atoms with Crippen LogP contribution in [0, 0.1) is 0 Å². The van der Waals surface area contributed by atoms with Gasteiger partial charge in [0.05, 0.1) is 22.4 Å². The summed E-state index contributed by atoms with van der Waals surface area (Å²) >= 11 is 1.84. The normalized spacial score (nSPS) is 11.8. The minimum atomic E-state index is 0.874. The van der Waals surface area contributed by atoms with E-state index in [2.05, 4.69) is 204 Å². The van der Waals surface area contributed by atoms with Crippen molar-refractivity contribution < 1.29 is 4.42 Å². The highest BCUT2D eigenvalue weighted by Gasteiger charge is 2.21. The number of anilines is 3. The number of hydrogen-bond donors (Lipinski definition) is 0. The van der Waals surface area contributed by atoms with E-state index in [1.54, 1.807) is 0 Å². The molecule has 9 aromatic carbocycles. The molecule has 0 unspecified atom stereocenters. The standard InChI is InChI=1S/C54H34N2OS/c1-2-15-39(40-16-3-8-21-46(40)56-47-22-9-4-17-41(47)42-18-5-10-23-48(42)56)38(14-1)35-28-30-36(31-29-35)55(37-32-33-44-43-19-6-11-25-50(43)57-51(44)34-37)49-24-13-27-53-54(49)45-20-7-12-26-52(45)58-53/h1-34H. The summed E-state index contributed by atoms with van der Waals surface area (Å²) in [6.45, 7) is 0. The van der Waals surface area contributed by atoms with E-state index in [0.29, 0.717) is 0 Å². The van der Waals surface area contributed by atoms with Crippen molar-refractivity contribution in [1.82, 2.24) is 4.57 Å². The van der Waals surface area contributed by atoms with Crippen LogP contribution in [-0.2, 0) is 0 Å². The van der Waals surface area contributed by atoms with Gasteiger partial charge in [-0.1, -0.05) is 133 Å². The van der Waals surface area contributed by atoms with Crippen LogP contribution >= 0.6 is 11.3 Å². The predicted octanol–water partition coefficient (Wildman–Crippen LogP) is 15.9. The second-order valence-electron chi connectivity index (χ2n) is 14.8. The quantitative estimate of drug-likeness (QED) is 0.168. The van der Waals surface area contributed by atoms with Gasteiger partial charge in [-0.2, -0.15) is 0 Å². The van der Waals surface area contributed by atoms with E-state index in [9.17, 15) is 0 Å². The zero-order valence-corrected chi connectivity index (χ0v) is 32.2.